The van der Waals surface area contributed by atoms with Gasteiger partial charge in [-0.3, -0.25) is 4.79 Å². The lowest BCUT2D eigenvalue weighted by Gasteiger charge is -2.22. The summed E-state index contributed by atoms with van der Waals surface area (Å²) >= 11 is 1.52. The van der Waals surface area contributed by atoms with Crippen molar-refractivity contribution in [2.75, 3.05) is 4.90 Å². The zero-order valence-corrected chi connectivity index (χ0v) is 15.6. The minimum atomic E-state index is -3.56. The second-order valence-electron chi connectivity index (χ2n) is 6.73. The zero-order chi connectivity index (χ0) is 17.6. The van der Waals surface area contributed by atoms with Crippen LogP contribution in [0.25, 0.3) is 0 Å². The summed E-state index contributed by atoms with van der Waals surface area (Å²) in [6.07, 6.45) is 2.63. The Morgan fingerprint density at radius 1 is 1.32 bits per heavy atom. The lowest BCUT2D eigenvalue weighted by molar-refractivity contribution is -0.120. The molecule has 0 unspecified atom stereocenters. The molecule has 1 N–H and O–H groups in total. The number of fused-ring (bicyclic) bond motifs is 1. The van der Waals surface area contributed by atoms with E-state index >= 15 is 0 Å². The highest BCUT2D eigenvalue weighted by atomic mass is 32.2. The number of benzene rings is 1. The largest absolute Gasteiger partial charge is 0.309 e. The molecule has 2 heterocycles. The molecule has 7 heteroatoms. The lowest BCUT2D eigenvalue weighted by atomic mass is 10.1. The van der Waals surface area contributed by atoms with Crippen LogP contribution >= 0.6 is 11.3 Å². The van der Waals surface area contributed by atoms with Gasteiger partial charge in [0.05, 0.1) is 4.90 Å². The van der Waals surface area contributed by atoms with Crippen LogP contribution in [0.4, 0.5) is 5.69 Å². The summed E-state index contributed by atoms with van der Waals surface area (Å²) in [6, 6.07) is 8.97. The Morgan fingerprint density at radius 2 is 2.12 bits per heavy atom. The van der Waals surface area contributed by atoms with Gasteiger partial charge in [0, 0.05) is 29.1 Å². The zero-order valence-electron chi connectivity index (χ0n) is 13.9. The van der Waals surface area contributed by atoms with Crippen molar-refractivity contribution < 1.29 is 13.2 Å². The van der Waals surface area contributed by atoms with Crippen molar-refractivity contribution in [3.05, 3.63) is 46.2 Å². The second kappa shape index (κ2) is 6.23. The van der Waals surface area contributed by atoms with Gasteiger partial charge in [0.25, 0.3) is 0 Å². The average molecular weight is 377 g/mol. The van der Waals surface area contributed by atoms with E-state index in [2.05, 4.69) is 4.72 Å². The SMILES string of the molecule is C[C@H]1Cc2cc(S(=O)(=O)NCc3cccs3)ccc2N1C(=O)C1CC1. The molecule has 1 fully saturated rings. The van der Waals surface area contributed by atoms with Crippen molar-refractivity contribution >= 4 is 33.0 Å². The summed E-state index contributed by atoms with van der Waals surface area (Å²) in [6.45, 7) is 2.31. The predicted molar refractivity (Wildman–Crippen MR) is 98.2 cm³/mol. The Labute approximate surface area is 151 Å². The van der Waals surface area contributed by atoms with Crippen molar-refractivity contribution in [2.45, 2.75) is 43.7 Å². The van der Waals surface area contributed by atoms with Crippen LogP contribution < -0.4 is 9.62 Å². The molecule has 1 aliphatic carbocycles. The lowest BCUT2D eigenvalue weighted by Crippen LogP contribution is -2.36. The van der Waals surface area contributed by atoms with Crippen LogP contribution in [0.1, 0.15) is 30.2 Å². The third-order valence-corrected chi connectivity index (χ3v) is 7.03. The van der Waals surface area contributed by atoms with E-state index in [4.69, 9.17) is 0 Å². The first-order valence-corrected chi connectivity index (χ1v) is 10.8. The molecule has 132 valence electrons. The number of hydrogen-bond acceptors (Lipinski definition) is 4. The van der Waals surface area contributed by atoms with Gasteiger partial charge in [-0.2, -0.15) is 0 Å². The molecule has 0 bridgehead atoms. The number of anilines is 1. The maximum absolute atomic E-state index is 12.6. The van der Waals surface area contributed by atoms with Gasteiger partial charge in [0.1, 0.15) is 0 Å². The van der Waals surface area contributed by atoms with E-state index in [0.717, 1.165) is 29.0 Å². The Kier molecular flexibility index (Phi) is 4.17. The molecule has 1 aromatic heterocycles. The third kappa shape index (κ3) is 3.23. The molecule has 1 atom stereocenters. The molecule has 1 aromatic carbocycles. The smallest absolute Gasteiger partial charge is 0.240 e. The van der Waals surface area contributed by atoms with Gasteiger partial charge in [-0.05, 0) is 61.4 Å². The first-order valence-electron chi connectivity index (χ1n) is 8.44. The van der Waals surface area contributed by atoms with Gasteiger partial charge in [0.15, 0.2) is 0 Å². The number of rotatable bonds is 5. The molecule has 2 aliphatic rings. The van der Waals surface area contributed by atoms with E-state index in [9.17, 15) is 13.2 Å². The Morgan fingerprint density at radius 3 is 2.80 bits per heavy atom. The van der Waals surface area contributed by atoms with Crippen molar-refractivity contribution in [2.24, 2.45) is 5.92 Å². The summed E-state index contributed by atoms with van der Waals surface area (Å²) in [4.78, 5) is 15.6. The monoisotopic (exact) mass is 376 g/mol. The van der Waals surface area contributed by atoms with Gasteiger partial charge in [-0.25, -0.2) is 13.1 Å². The first-order chi connectivity index (χ1) is 12.0. The average Bonchev–Trinajstić information content (AvgIpc) is 3.19. The van der Waals surface area contributed by atoms with Crippen LogP contribution in [-0.2, 0) is 27.8 Å². The maximum atomic E-state index is 12.6. The fourth-order valence-electron chi connectivity index (χ4n) is 3.30. The summed E-state index contributed by atoms with van der Waals surface area (Å²) < 4.78 is 27.8. The molecule has 1 amide bonds. The third-order valence-electron chi connectivity index (χ3n) is 4.76. The van der Waals surface area contributed by atoms with Crippen molar-refractivity contribution in [3.8, 4) is 0 Å². The molecule has 25 heavy (non-hydrogen) atoms. The fraction of sp³-hybridized carbons (Fsp3) is 0.389. The van der Waals surface area contributed by atoms with E-state index in [0.29, 0.717) is 13.0 Å². The summed E-state index contributed by atoms with van der Waals surface area (Å²) in [5.41, 5.74) is 1.79. The number of thiophene rings is 1. The molecule has 0 saturated heterocycles. The number of hydrogen-bond donors (Lipinski definition) is 1. The van der Waals surface area contributed by atoms with Crippen LogP contribution in [0, 0.1) is 5.92 Å². The molecule has 0 spiro atoms. The maximum Gasteiger partial charge on any atom is 0.240 e. The minimum Gasteiger partial charge on any atom is -0.309 e. The van der Waals surface area contributed by atoms with Crippen LogP contribution in [0.5, 0.6) is 0 Å². The van der Waals surface area contributed by atoms with Gasteiger partial charge in [-0.1, -0.05) is 6.07 Å². The van der Waals surface area contributed by atoms with Gasteiger partial charge in [-0.15, -0.1) is 11.3 Å². The van der Waals surface area contributed by atoms with Crippen molar-refractivity contribution in [3.63, 3.8) is 0 Å². The Bertz CT molecular complexity index is 902. The number of nitrogens with zero attached hydrogens (tertiary/aromatic N) is 1. The van der Waals surface area contributed by atoms with Crippen LogP contribution in [-0.4, -0.2) is 20.4 Å². The van der Waals surface area contributed by atoms with Gasteiger partial charge in [0.2, 0.25) is 15.9 Å². The fourth-order valence-corrected chi connectivity index (χ4v) is 5.09. The van der Waals surface area contributed by atoms with Crippen molar-refractivity contribution in [1.82, 2.24) is 4.72 Å². The van der Waals surface area contributed by atoms with Crippen LogP contribution in [0.3, 0.4) is 0 Å². The molecule has 1 aliphatic heterocycles. The topological polar surface area (TPSA) is 66.5 Å². The number of sulfonamides is 1. The van der Waals surface area contributed by atoms with E-state index in [1.54, 1.807) is 18.2 Å². The molecule has 1 saturated carbocycles. The summed E-state index contributed by atoms with van der Waals surface area (Å²) in [5.74, 6) is 0.335. The normalized spacial score (nSPS) is 19.9. The Balaban J connectivity index is 1.57. The predicted octanol–water partition coefficient (Wildman–Crippen LogP) is 2.91. The quantitative estimate of drug-likeness (QED) is 0.872. The summed E-state index contributed by atoms with van der Waals surface area (Å²) in [7, 11) is -3.56. The number of amides is 1. The number of nitrogens with one attached hydrogen (secondary N) is 1. The Hall–Kier alpha value is -1.70. The number of carbonyl (C=O) groups is 1. The van der Waals surface area contributed by atoms with Crippen LogP contribution in [0.2, 0.25) is 0 Å². The molecule has 0 radical (unpaired) electrons. The standard InChI is InChI=1S/C18H20N2O3S2/c1-12-9-14-10-16(25(22,23)19-11-15-3-2-8-24-15)6-7-17(14)20(12)18(21)13-4-5-13/h2-3,6-8,10,12-13,19H,4-5,9,11H2,1H3/t12-/m0/s1. The highest BCUT2D eigenvalue weighted by molar-refractivity contribution is 7.89. The molecular formula is C18H20N2O3S2. The van der Waals surface area contributed by atoms with Crippen molar-refractivity contribution in [1.29, 1.82) is 0 Å². The second-order valence-corrected chi connectivity index (χ2v) is 9.53. The van der Waals surface area contributed by atoms with Gasteiger partial charge < -0.3 is 4.90 Å². The highest BCUT2D eigenvalue weighted by Gasteiger charge is 2.39. The van der Waals surface area contributed by atoms with E-state index < -0.39 is 10.0 Å². The minimum absolute atomic E-state index is 0.0835. The van der Waals surface area contributed by atoms with Crippen LogP contribution in [0.15, 0.2) is 40.6 Å². The molecule has 2 aromatic rings. The van der Waals surface area contributed by atoms with Gasteiger partial charge >= 0.3 is 0 Å². The number of carbonyl (C=O) groups excluding carboxylic acids is 1. The van der Waals surface area contributed by atoms with E-state index in [-0.39, 0.29) is 22.8 Å². The van der Waals surface area contributed by atoms with E-state index in [1.165, 1.54) is 11.3 Å². The molecular weight excluding hydrogens is 356 g/mol. The van der Waals surface area contributed by atoms with E-state index in [1.807, 2.05) is 29.3 Å². The molecule has 5 nitrogen and oxygen atoms in total. The first kappa shape index (κ1) is 16.8. The molecule has 4 rings (SSSR count). The summed E-state index contributed by atoms with van der Waals surface area (Å²) in [5, 5.41) is 1.92. The highest BCUT2D eigenvalue weighted by Crippen LogP contribution is 2.39.